The van der Waals surface area contributed by atoms with Crippen molar-refractivity contribution in [2.75, 3.05) is 20.8 Å². The molecule has 1 aromatic carbocycles. The fraction of sp³-hybridized carbons (Fsp3) is 0.565. The minimum Gasteiger partial charge on any atom is -0.494 e. The van der Waals surface area contributed by atoms with Gasteiger partial charge in [-0.25, -0.2) is 9.18 Å². The van der Waals surface area contributed by atoms with E-state index in [1.807, 2.05) is 20.8 Å². The number of rotatable bonds is 8. The number of aliphatic hydroxyl groups excluding tert-OH is 3. The maximum absolute atomic E-state index is 14.3. The lowest BCUT2D eigenvalue weighted by Gasteiger charge is -2.39. The van der Waals surface area contributed by atoms with Crippen molar-refractivity contribution < 1.29 is 48.2 Å². The van der Waals surface area contributed by atoms with Crippen molar-refractivity contribution in [3.63, 3.8) is 0 Å². The van der Waals surface area contributed by atoms with Gasteiger partial charge in [-0.05, 0) is 38.5 Å². The molecule has 1 aliphatic rings. The Morgan fingerprint density at radius 2 is 1.91 bits per heavy atom. The molecule has 0 saturated carbocycles. The minimum atomic E-state index is -1.65. The highest BCUT2D eigenvalue weighted by molar-refractivity contribution is 5.59. The Kier molecular flexibility index (Phi) is 8.54. The monoisotopic (exact) mass is 498 g/mol. The van der Waals surface area contributed by atoms with Crippen molar-refractivity contribution >= 4 is 6.16 Å². The van der Waals surface area contributed by atoms with Gasteiger partial charge in [0.15, 0.2) is 11.6 Å². The molecule has 11 nitrogen and oxygen atoms in total. The normalized spacial score (nSPS) is 24.3. The number of aromatic nitrogens is 2. The van der Waals surface area contributed by atoms with Crippen LogP contribution in [0.5, 0.6) is 11.6 Å². The number of aliphatic hydroxyl groups is 3. The maximum Gasteiger partial charge on any atom is 0.508 e. The van der Waals surface area contributed by atoms with Crippen LogP contribution in [0.3, 0.4) is 0 Å². The number of hydrogen-bond donors (Lipinski definition) is 3. The van der Waals surface area contributed by atoms with Gasteiger partial charge < -0.3 is 39.0 Å². The fourth-order valence-corrected chi connectivity index (χ4v) is 3.82. The highest BCUT2D eigenvalue weighted by Gasteiger charge is 2.46. The Hall–Kier alpha value is -2.93. The van der Waals surface area contributed by atoms with Crippen molar-refractivity contribution in [1.29, 1.82) is 0 Å². The molecule has 3 rings (SSSR count). The molecule has 2 heterocycles. The van der Waals surface area contributed by atoms with Crippen LogP contribution in [0.2, 0.25) is 0 Å². The molecular weight excluding hydrogens is 467 g/mol. The molecule has 0 spiro atoms. The number of carbonyl (C=O) groups excluding carboxylic acids is 1. The number of hydrogen-bond acceptors (Lipinski definition) is 10. The third-order valence-corrected chi connectivity index (χ3v) is 5.75. The molecular formula is C23H31FN2O9. The number of nitrogens with zero attached hydrogens (tertiary/aromatic N) is 2. The van der Waals surface area contributed by atoms with Gasteiger partial charge in [0.2, 0.25) is 12.2 Å². The number of carbonyl (C=O) groups is 1. The number of ether oxygens (including phenoxy) is 5. The summed E-state index contributed by atoms with van der Waals surface area (Å²) in [7, 11) is 2.50. The van der Waals surface area contributed by atoms with Gasteiger partial charge in [0.05, 0.1) is 14.2 Å². The van der Waals surface area contributed by atoms with Gasteiger partial charge in [0.25, 0.3) is 0 Å². The summed E-state index contributed by atoms with van der Waals surface area (Å²) >= 11 is 0. The van der Waals surface area contributed by atoms with E-state index in [0.717, 1.165) is 12.8 Å². The average Bonchev–Trinajstić information content (AvgIpc) is 3.13. The van der Waals surface area contributed by atoms with Crippen molar-refractivity contribution in [3.8, 4) is 11.6 Å². The lowest BCUT2D eigenvalue weighted by molar-refractivity contribution is -0.278. The number of halogens is 1. The van der Waals surface area contributed by atoms with Crippen molar-refractivity contribution in [2.24, 2.45) is 0 Å². The van der Waals surface area contributed by atoms with E-state index in [-0.39, 0.29) is 24.1 Å². The van der Waals surface area contributed by atoms with Crippen LogP contribution >= 0.6 is 0 Å². The van der Waals surface area contributed by atoms with Crippen LogP contribution in [-0.2, 0) is 20.6 Å². The van der Waals surface area contributed by atoms with Crippen LogP contribution in [0.15, 0.2) is 18.2 Å². The van der Waals surface area contributed by atoms with Crippen molar-refractivity contribution in [3.05, 3.63) is 40.8 Å². The quantitative estimate of drug-likeness (QED) is 0.458. The maximum atomic E-state index is 14.3. The molecule has 0 bridgehead atoms. The first kappa shape index (κ1) is 26.7. The summed E-state index contributed by atoms with van der Waals surface area (Å²) in [5.74, 6) is -0.294. The number of benzene rings is 1. The van der Waals surface area contributed by atoms with E-state index in [1.165, 1.54) is 19.2 Å². The Bertz CT molecular complexity index is 1030. The molecule has 3 N–H and O–H groups in total. The molecule has 1 saturated heterocycles. The van der Waals surface area contributed by atoms with E-state index in [0.29, 0.717) is 11.1 Å². The van der Waals surface area contributed by atoms with Gasteiger partial charge in [-0.1, -0.05) is 6.07 Å². The van der Waals surface area contributed by atoms with Gasteiger partial charge >= 0.3 is 6.16 Å². The molecule has 2 aromatic rings. The topological polar surface area (TPSA) is 142 Å². The second-order valence-electron chi connectivity index (χ2n) is 8.45. The smallest absolute Gasteiger partial charge is 0.494 e. The van der Waals surface area contributed by atoms with E-state index >= 15 is 0 Å². The lowest BCUT2D eigenvalue weighted by atomic mass is 9.99. The van der Waals surface area contributed by atoms with Gasteiger partial charge in [-0.15, -0.1) is 5.10 Å². The van der Waals surface area contributed by atoms with Gasteiger partial charge in [0, 0.05) is 23.7 Å². The Balaban J connectivity index is 1.88. The van der Waals surface area contributed by atoms with Gasteiger partial charge in [0.1, 0.15) is 31.0 Å². The van der Waals surface area contributed by atoms with Gasteiger partial charge in [-0.2, -0.15) is 0 Å². The van der Waals surface area contributed by atoms with Crippen molar-refractivity contribution in [2.45, 2.75) is 63.9 Å². The molecule has 1 fully saturated rings. The highest BCUT2D eigenvalue weighted by Crippen LogP contribution is 2.31. The summed E-state index contributed by atoms with van der Waals surface area (Å²) in [5.41, 5.74) is 1.99. The zero-order chi connectivity index (χ0) is 25.9. The van der Waals surface area contributed by atoms with E-state index < -0.39 is 49.3 Å². The van der Waals surface area contributed by atoms with E-state index in [1.54, 1.807) is 10.7 Å². The minimum absolute atomic E-state index is 0.0375. The fourth-order valence-electron chi connectivity index (χ4n) is 3.82. The Morgan fingerprint density at radius 1 is 1.20 bits per heavy atom. The standard InChI is InChI=1S/C23H31FN2O9/c1-11(2)26-12(3)14(8-13-6-7-16(31-4)15(24)9-13)21(25-26)35-22-20(29)19(28)18(27)17(34-22)10-33-23(30)32-5/h6-7,9,11,17-20,22,27-29H,8,10H2,1-5H3/t17-,18-,19+,20-,22?/m1/s1. The summed E-state index contributed by atoms with van der Waals surface area (Å²) in [6.45, 7) is 5.23. The zero-order valence-electron chi connectivity index (χ0n) is 20.2. The largest absolute Gasteiger partial charge is 0.508 e. The molecule has 0 radical (unpaired) electrons. The average molecular weight is 499 g/mol. The highest BCUT2D eigenvalue weighted by atomic mass is 19.1. The predicted octanol–water partition coefficient (Wildman–Crippen LogP) is 1.48. The van der Waals surface area contributed by atoms with Crippen LogP contribution in [0, 0.1) is 12.7 Å². The molecule has 1 unspecified atom stereocenters. The van der Waals surface area contributed by atoms with Crippen LogP contribution in [0.25, 0.3) is 0 Å². The van der Waals surface area contributed by atoms with Crippen LogP contribution in [0.4, 0.5) is 9.18 Å². The van der Waals surface area contributed by atoms with Gasteiger partial charge in [-0.3, -0.25) is 4.68 Å². The summed E-state index contributed by atoms with van der Waals surface area (Å²) in [4.78, 5) is 11.3. The number of methoxy groups -OCH3 is 2. The Morgan fingerprint density at radius 3 is 2.51 bits per heavy atom. The summed E-state index contributed by atoms with van der Waals surface area (Å²) in [6, 6.07) is 4.54. The second-order valence-corrected chi connectivity index (χ2v) is 8.45. The molecule has 5 atom stereocenters. The van der Waals surface area contributed by atoms with E-state index in [4.69, 9.17) is 18.9 Å². The second kappa shape index (κ2) is 11.2. The third-order valence-electron chi connectivity index (χ3n) is 5.75. The van der Waals surface area contributed by atoms with E-state index in [2.05, 4.69) is 9.84 Å². The SMILES string of the molecule is COC(=O)OC[C@H]1OC(Oc2nn(C(C)C)c(C)c2Cc2ccc(OC)c(F)c2)[C@H](O)[C@@H](O)[C@@H]1O. The molecule has 1 aliphatic heterocycles. The first-order valence-corrected chi connectivity index (χ1v) is 11.0. The summed E-state index contributed by atoms with van der Waals surface area (Å²) in [6.07, 6.45) is -8.23. The first-order valence-electron chi connectivity index (χ1n) is 11.0. The molecule has 0 amide bonds. The summed E-state index contributed by atoms with van der Waals surface area (Å²) < 4.78 is 41.6. The van der Waals surface area contributed by atoms with Crippen LogP contribution in [-0.4, -0.2) is 82.8 Å². The molecule has 194 valence electrons. The molecule has 1 aromatic heterocycles. The Labute approximate surface area is 201 Å². The predicted molar refractivity (Wildman–Crippen MR) is 119 cm³/mol. The van der Waals surface area contributed by atoms with Crippen molar-refractivity contribution in [1.82, 2.24) is 9.78 Å². The lowest BCUT2D eigenvalue weighted by Crippen LogP contribution is -2.60. The van der Waals surface area contributed by atoms with Crippen LogP contribution in [0.1, 0.15) is 36.7 Å². The van der Waals surface area contributed by atoms with Crippen LogP contribution < -0.4 is 9.47 Å². The third kappa shape index (κ3) is 5.84. The summed E-state index contributed by atoms with van der Waals surface area (Å²) in [5, 5.41) is 35.5. The molecule has 0 aliphatic carbocycles. The first-order chi connectivity index (χ1) is 16.6. The zero-order valence-corrected chi connectivity index (χ0v) is 20.2. The van der Waals surface area contributed by atoms with E-state index in [9.17, 15) is 24.5 Å². The molecule has 12 heteroatoms. The molecule has 35 heavy (non-hydrogen) atoms.